The molecule has 4 N–H and O–H groups in total. The summed E-state index contributed by atoms with van der Waals surface area (Å²) in [5.74, 6) is 0. The molecule has 2 heteroatoms. The normalized spacial score (nSPS) is 12.5. The van der Waals surface area contributed by atoms with E-state index in [-0.39, 0.29) is 10.8 Å². The lowest BCUT2D eigenvalue weighted by atomic mass is 9.82. The highest BCUT2D eigenvalue weighted by Gasteiger charge is 2.20. The minimum absolute atomic E-state index is 0.0441. The molecule has 0 bridgehead atoms. The molecule has 0 atom stereocenters. The molecular formula is C46H42N2. The molecule has 2 nitrogen and oxygen atoms in total. The van der Waals surface area contributed by atoms with Crippen LogP contribution in [0.1, 0.15) is 52.7 Å². The lowest BCUT2D eigenvalue weighted by molar-refractivity contribution is 0.591. The molecule has 0 aliphatic rings. The SMILES string of the molecule is CC(C)(C)c1ccc2c(c1)c(-c1ccc(N)cc1)cc1c2ccc2c3cc(-c4ccc(N)cc4)c4cc(C(C)(C)C)ccc4c3ccc12. The molecule has 0 unspecified atom stereocenters. The Morgan fingerprint density at radius 3 is 0.917 bits per heavy atom. The van der Waals surface area contributed by atoms with Crippen molar-refractivity contribution in [3.63, 3.8) is 0 Å². The first-order valence-corrected chi connectivity index (χ1v) is 16.9. The third kappa shape index (κ3) is 4.86. The van der Waals surface area contributed by atoms with Crippen LogP contribution < -0.4 is 11.5 Å². The quantitative estimate of drug-likeness (QED) is 0.149. The summed E-state index contributed by atoms with van der Waals surface area (Å²) < 4.78 is 0. The molecule has 0 aliphatic carbocycles. The Kier molecular flexibility index (Phi) is 6.62. The summed E-state index contributed by atoms with van der Waals surface area (Å²) in [6, 6.07) is 44.8. The van der Waals surface area contributed by atoms with E-state index >= 15 is 0 Å². The predicted octanol–water partition coefficient (Wildman–Crippen LogP) is 12.5. The van der Waals surface area contributed by atoms with Gasteiger partial charge < -0.3 is 11.5 Å². The first kappa shape index (κ1) is 30.0. The van der Waals surface area contributed by atoms with E-state index in [1.807, 2.05) is 24.3 Å². The van der Waals surface area contributed by atoms with Gasteiger partial charge in [-0.05, 0) is 147 Å². The van der Waals surface area contributed by atoms with Gasteiger partial charge in [-0.3, -0.25) is 0 Å². The Hall–Kier alpha value is -5.34. The summed E-state index contributed by atoms with van der Waals surface area (Å²) in [6.45, 7) is 13.7. The summed E-state index contributed by atoms with van der Waals surface area (Å²) in [5.41, 5.74) is 21.4. The average molecular weight is 623 g/mol. The Morgan fingerprint density at radius 2 is 0.604 bits per heavy atom. The molecule has 48 heavy (non-hydrogen) atoms. The molecular weight excluding hydrogens is 581 g/mol. The van der Waals surface area contributed by atoms with E-state index in [1.165, 1.54) is 87.2 Å². The predicted molar refractivity (Wildman–Crippen MR) is 211 cm³/mol. The van der Waals surface area contributed by atoms with Crippen molar-refractivity contribution in [2.75, 3.05) is 11.5 Å². The van der Waals surface area contributed by atoms with Crippen molar-refractivity contribution in [3.05, 3.63) is 132 Å². The van der Waals surface area contributed by atoms with Crippen molar-refractivity contribution in [3.8, 4) is 22.3 Å². The van der Waals surface area contributed by atoms with E-state index in [0.717, 1.165) is 11.4 Å². The Morgan fingerprint density at radius 1 is 0.312 bits per heavy atom. The lowest BCUT2D eigenvalue weighted by Crippen LogP contribution is -2.10. The summed E-state index contributed by atoms with van der Waals surface area (Å²) >= 11 is 0. The van der Waals surface area contributed by atoms with E-state index in [0.29, 0.717) is 0 Å². The Labute approximate surface area is 283 Å². The van der Waals surface area contributed by atoms with Gasteiger partial charge in [0.2, 0.25) is 0 Å². The summed E-state index contributed by atoms with van der Waals surface area (Å²) in [7, 11) is 0. The van der Waals surface area contributed by atoms with Crippen molar-refractivity contribution in [1.29, 1.82) is 0 Å². The third-order valence-electron chi connectivity index (χ3n) is 10.2. The highest BCUT2D eigenvalue weighted by Crippen LogP contribution is 2.44. The lowest BCUT2D eigenvalue weighted by Gasteiger charge is -2.22. The molecule has 8 rings (SSSR count). The monoisotopic (exact) mass is 622 g/mol. The van der Waals surface area contributed by atoms with E-state index in [9.17, 15) is 0 Å². The van der Waals surface area contributed by atoms with Crippen molar-refractivity contribution >= 4 is 65.2 Å². The van der Waals surface area contributed by atoms with E-state index in [1.54, 1.807) is 0 Å². The zero-order chi connectivity index (χ0) is 33.5. The molecule has 8 aromatic rings. The maximum Gasteiger partial charge on any atom is 0.0314 e. The van der Waals surface area contributed by atoms with Crippen LogP contribution in [-0.2, 0) is 10.8 Å². The smallest absolute Gasteiger partial charge is 0.0314 e. The number of nitrogen functional groups attached to an aromatic ring is 2. The number of anilines is 2. The first-order valence-electron chi connectivity index (χ1n) is 16.9. The van der Waals surface area contributed by atoms with Crippen LogP contribution in [0.3, 0.4) is 0 Å². The van der Waals surface area contributed by atoms with Crippen molar-refractivity contribution in [2.24, 2.45) is 0 Å². The van der Waals surface area contributed by atoms with Crippen molar-refractivity contribution < 1.29 is 0 Å². The van der Waals surface area contributed by atoms with Gasteiger partial charge in [-0.1, -0.05) is 114 Å². The summed E-state index contributed by atoms with van der Waals surface area (Å²) in [4.78, 5) is 0. The molecule has 0 amide bonds. The van der Waals surface area contributed by atoms with Crippen LogP contribution in [0.2, 0.25) is 0 Å². The zero-order valence-electron chi connectivity index (χ0n) is 28.7. The minimum atomic E-state index is 0.0441. The third-order valence-corrected chi connectivity index (χ3v) is 10.2. The molecule has 0 aliphatic heterocycles. The topological polar surface area (TPSA) is 52.0 Å². The fourth-order valence-corrected chi connectivity index (χ4v) is 7.42. The molecule has 0 heterocycles. The highest BCUT2D eigenvalue weighted by atomic mass is 14.5. The van der Waals surface area contributed by atoms with Gasteiger partial charge in [-0.15, -0.1) is 0 Å². The Balaban J connectivity index is 1.48. The highest BCUT2D eigenvalue weighted by molar-refractivity contribution is 6.28. The molecule has 0 fully saturated rings. The maximum atomic E-state index is 6.14. The summed E-state index contributed by atoms with van der Waals surface area (Å²) in [6.07, 6.45) is 0. The van der Waals surface area contributed by atoms with Gasteiger partial charge in [0.15, 0.2) is 0 Å². The van der Waals surface area contributed by atoms with Gasteiger partial charge in [-0.25, -0.2) is 0 Å². The molecule has 0 saturated carbocycles. The Bertz CT molecular complexity index is 2380. The first-order chi connectivity index (χ1) is 22.9. The van der Waals surface area contributed by atoms with Crippen LogP contribution in [0, 0.1) is 0 Å². The van der Waals surface area contributed by atoms with Crippen LogP contribution in [0.5, 0.6) is 0 Å². The van der Waals surface area contributed by atoms with Crippen LogP contribution in [0.25, 0.3) is 76.1 Å². The standard InChI is InChI=1S/C46H42N2/c1-45(2,3)29-11-17-33-35-19-21-38-37(43(35)25-39(41(33)23-29)27-7-13-31(47)14-8-27)22-20-36-34-18-12-30(46(4,5)6)24-42(34)40(26-44(36)38)28-9-15-32(48)16-10-28/h7-26H,47-48H2,1-6H3. The number of hydrogen-bond acceptors (Lipinski definition) is 2. The second-order valence-electron chi connectivity index (χ2n) is 15.5. The van der Waals surface area contributed by atoms with Crippen LogP contribution in [-0.4, -0.2) is 0 Å². The molecule has 8 aromatic carbocycles. The van der Waals surface area contributed by atoms with Gasteiger partial charge in [0.05, 0.1) is 0 Å². The van der Waals surface area contributed by atoms with E-state index in [4.69, 9.17) is 11.5 Å². The van der Waals surface area contributed by atoms with E-state index < -0.39 is 0 Å². The van der Waals surface area contributed by atoms with Gasteiger partial charge >= 0.3 is 0 Å². The van der Waals surface area contributed by atoms with Gasteiger partial charge in [0.25, 0.3) is 0 Å². The number of benzene rings is 8. The van der Waals surface area contributed by atoms with E-state index in [2.05, 4.69) is 139 Å². The minimum Gasteiger partial charge on any atom is -0.399 e. The van der Waals surface area contributed by atoms with Crippen LogP contribution in [0.15, 0.2) is 121 Å². The van der Waals surface area contributed by atoms with Crippen LogP contribution >= 0.6 is 0 Å². The maximum absolute atomic E-state index is 6.14. The van der Waals surface area contributed by atoms with Crippen molar-refractivity contribution in [2.45, 2.75) is 52.4 Å². The number of rotatable bonds is 2. The second-order valence-corrected chi connectivity index (χ2v) is 15.5. The molecule has 0 aromatic heterocycles. The van der Waals surface area contributed by atoms with Gasteiger partial charge in [0, 0.05) is 11.4 Å². The zero-order valence-corrected chi connectivity index (χ0v) is 28.7. The second kappa shape index (κ2) is 10.6. The summed E-state index contributed by atoms with van der Waals surface area (Å²) in [5, 5.41) is 12.6. The molecule has 236 valence electrons. The number of nitrogens with two attached hydrogens (primary N) is 2. The fourth-order valence-electron chi connectivity index (χ4n) is 7.42. The fraction of sp³-hybridized carbons (Fsp3) is 0.174. The van der Waals surface area contributed by atoms with Crippen LogP contribution in [0.4, 0.5) is 11.4 Å². The van der Waals surface area contributed by atoms with Crippen molar-refractivity contribution in [1.82, 2.24) is 0 Å². The molecule has 0 spiro atoms. The molecule has 0 radical (unpaired) electrons. The average Bonchev–Trinajstić information content (AvgIpc) is 3.06. The van der Waals surface area contributed by atoms with Gasteiger partial charge in [0.1, 0.15) is 0 Å². The number of fused-ring (bicyclic) bond motifs is 9. The largest absolute Gasteiger partial charge is 0.399 e. The molecule has 0 saturated heterocycles. The number of hydrogen-bond donors (Lipinski definition) is 2. The van der Waals surface area contributed by atoms with Gasteiger partial charge in [-0.2, -0.15) is 0 Å².